The maximum absolute atomic E-state index is 13.3. The average Bonchev–Trinajstić information content (AvgIpc) is 3.26. The molecule has 6 heteroatoms. The Bertz CT molecular complexity index is 1260. The fraction of sp³-hybridized carbons (Fsp3) is 0.375. The number of nitrogens with one attached hydrogen (secondary N) is 1. The summed E-state index contributed by atoms with van der Waals surface area (Å²) in [7, 11) is 1.40. The molecule has 0 saturated carbocycles. The maximum atomic E-state index is 13.3. The number of amides is 1. The third kappa shape index (κ3) is 4.47. The summed E-state index contributed by atoms with van der Waals surface area (Å²) in [6.45, 7) is 1.06. The molecule has 2 fully saturated rings. The summed E-state index contributed by atoms with van der Waals surface area (Å²) in [5.74, 6) is -0.420. The predicted molar refractivity (Wildman–Crippen MR) is 146 cm³/mol. The van der Waals surface area contributed by atoms with Gasteiger partial charge in [-0.1, -0.05) is 85.3 Å². The van der Waals surface area contributed by atoms with E-state index in [4.69, 9.17) is 9.47 Å². The Morgan fingerprint density at radius 3 is 2.05 bits per heavy atom. The van der Waals surface area contributed by atoms with E-state index in [0.717, 1.165) is 36.9 Å². The molecule has 6 rings (SSSR count). The second-order valence-corrected chi connectivity index (χ2v) is 10.8. The number of carbonyl (C=O) groups is 2. The number of ether oxygens (including phenoxy) is 2. The Morgan fingerprint density at radius 2 is 1.45 bits per heavy atom. The van der Waals surface area contributed by atoms with Crippen LogP contribution < -0.4 is 5.32 Å². The van der Waals surface area contributed by atoms with Crippen LogP contribution in [0.15, 0.2) is 78.9 Å². The van der Waals surface area contributed by atoms with Crippen molar-refractivity contribution in [3.05, 3.63) is 95.6 Å². The number of nitrogens with zero attached hydrogens (tertiary/aromatic N) is 1. The Labute approximate surface area is 223 Å². The number of alkyl carbamates (subject to hydrolysis) is 1. The Morgan fingerprint density at radius 1 is 0.868 bits per heavy atom. The summed E-state index contributed by atoms with van der Waals surface area (Å²) in [4.78, 5) is 29.0. The van der Waals surface area contributed by atoms with Crippen LogP contribution in [0, 0.1) is 0 Å². The second-order valence-electron chi connectivity index (χ2n) is 10.8. The van der Waals surface area contributed by atoms with Gasteiger partial charge in [0.1, 0.15) is 12.1 Å². The Balaban J connectivity index is 1.18. The van der Waals surface area contributed by atoms with E-state index >= 15 is 0 Å². The van der Waals surface area contributed by atoms with E-state index in [0.29, 0.717) is 12.8 Å². The average molecular weight is 511 g/mol. The molecule has 196 valence electrons. The highest BCUT2D eigenvalue weighted by molar-refractivity contribution is 5.86. The minimum absolute atomic E-state index is 0.0330. The van der Waals surface area contributed by atoms with Crippen LogP contribution in [-0.4, -0.2) is 48.3 Å². The lowest BCUT2D eigenvalue weighted by Gasteiger charge is -2.52. The molecule has 2 saturated heterocycles. The van der Waals surface area contributed by atoms with Gasteiger partial charge in [-0.15, -0.1) is 0 Å². The van der Waals surface area contributed by atoms with Crippen molar-refractivity contribution in [3.8, 4) is 11.1 Å². The summed E-state index contributed by atoms with van der Waals surface area (Å²) in [6.07, 6.45) is 3.60. The van der Waals surface area contributed by atoms with Gasteiger partial charge >= 0.3 is 12.1 Å². The molecule has 1 N–H and O–H groups in total. The lowest BCUT2D eigenvalue weighted by Crippen LogP contribution is -2.66. The molecule has 2 bridgehead atoms. The number of hydrogen-bond donors (Lipinski definition) is 1. The molecule has 0 radical (unpaired) electrons. The van der Waals surface area contributed by atoms with Crippen molar-refractivity contribution in [3.63, 3.8) is 0 Å². The van der Waals surface area contributed by atoms with Crippen LogP contribution in [0.5, 0.6) is 0 Å². The van der Waals surface area contributed by atoms with Gasteiger partial charge in [0, 0.05) is 24.5 Å². The molecule has 2 atom stereocenters. The van der Waals surface area contributed by atoms with Crippen LogP contribution in [0.1, 0.15) is 54.7 Å². The van der Waals surface area contributed by atoms with Crippen LogP contribution >= 0.6 is 0 Å². The molecular weight excluding hydrogens is 476 g/mol. The fourth-order valence-electron chi connectivity index (χ4n) is 6.94. The number of rotatable bonds is 6. The monoisotopic (exact) mass is 510 g/mol. The topological polar surface area (TPSA) is 67.9 Å². The Kier molecular flexibility index (Phi) is 6.66. The smallest absolute Gasteiger partial charge is 0.408 e. The summed E-state index contributed by atoms with van der Waals surface area (Å²) in [5.41, 5.74) is 4.86. The quantitative estimate of drug-likeness (QED) is 0.434. The van der Waals surface area contributed by atoms with Crippen molar-refractivity contribution in [1.82, 2.24) is 10.2 Å². The van der Waals surface area contributed by atoms with Gasteiger partial charge in [-0.25, -0.2) is 9.59 Å². The molecule has 38 heavy (non-hydrogen) atoms. The third-order valence-corrected chi connectivity index (χ3v) is 8.65. The first-order chi connectivity index (χ1) is 18.6. The van der Waals surface area contributed by atoms with Gasteiger partial charge in [0.15, 0.2) is 0 Å². The van der Waals surface area contributed by atoms with Gasteiger partial charge in [0.05, 0.1) is 7.11 Å². The minimum atomic E-state index is -1.08. The lowest BCUT2D eigenvalue weighted by atomic mass is 9.73. The molecule has 2 heterocycles. The SMILES string of the molecule is COC(=O)C1(NC(=O)OCC2c3ccccc3-c3ccccc32)CC2CCCC(C1)N2Cc1ccccc1. The van der Waals surface area contributed by atoms with E-state index in [1.165, 1.54) is 23.8 Å². The zero-order chi connectivity index (χ0) is 26.1. The lowest BCUT2D eigenvalue weighted by molar-refractivity contribution is -0.154. The number of esters is 1. The van der Waals surface area contributed by atoms with E-state index in [2.05, 4.69) is 58.7 Å². The van der Waals surface area contributed by atoms with Crippen molar-refractivity contribution >= 4 is 12.1 Å². The van der Waals surface area contributed by atoms with Gasteiger partial charge in [-0.3, -0.25) is 4.90 Å². The summed E-state index contributed by atoms with van der Waals surface area (Å²) >= 11 is 0. The van der Waals surface area contributed by atoms with Crippen LogP contribution in [-0.2, 0) is 20.8 Å². The van der Waals surface area contributed by atoms with Crippen LogP contribution in [0.2, 0.25) is 0 Å². The molecule has 6 nitrogen and oxygen atoms in total. The van der Waals surface area contributed by atoms with Crippen LogP contribution in [0.25, 0.3) is 11.1 Å². The van der Waals surface area contributed by atoms with Crippen molar-refractivity contribution in [2.75, 3.05) is 13.7 Å². The molecule has 1 amide bonds. The van der Waals surface area contributed by atoms with E-state index in [1.54, 1.807) is 0 Å². The van der Waals surface area contributed by atoms with E-state index < -0.39 is 11.6 Å². The van der Waals surface area contributed by atoms with Crippen molar-refractivity contribution in [2.45, 2.75) is 62.2 Å². The zero-order valence-electron chi connectivity index (χ0n) is 21.8. The number of fused-ring (bicyclic) bond motifs is 5. The largest absolute Gasteiger partial charge is 0.467 e. The van der Waals surface area contributed by atoms with E-state index in [9.17, 15) is 9.59 Å². The number of methoxy groups -OCH3 is 1. The molecule has 3 aliphatic rings. The first-order valence-corrected chi connectivity index (χ1v) is 13.6. The molecule has 1 aliphatic carbocycles. The van der Waals surface area contributed by atoms with Gasteiger partial charge < -0.3 is 14.8 Å². The number of carbonyl (C=O) groups excluding carboxylic acids is 2. The predicted octanol–water partition coefficient (Wildman–Crippen LogP) is 5.65. The van der Waals surface area contributed by atoms with Crippen LogP contribution in [0.3, 0.4) is 0 Å². The highest BCUT2D eigenvalue weighted by Crippen LogP contribution is 2.45. The third-order valence-electron chi connectivity index (χ3n) is 8.65. The van der Waals surface area contributed by atoms with Gasteiger partial charge in [0.25, 0.3) is 0 Å². The number of benzene rings is 3. The summed E-state index contributed by atoms with van der Waals surface area (Å²) in [6, 6.07) is 27.4. The van der Waals surface area contributed by atoms with Crippen LogP contribution in [0.4, 0.5) is 4.79 Å². The molecule has 0 spiro atoms. The fourth-order valence-corrected chi connectivity index (χ4v) is 6.94. The molecule has 2 aliphatic heterocycles. The molecule has 3 aromatic rings. The number of piperidine rings is 2. The van der Waals surface area contributed by atoms with Crippen molar-refractivity contribution < 1.29 is 19.1 Å². The van der Waals surface area contributed by atoms with Gasteiger partial charge in [-0.2, -0.15) is 0 Å². The first-order valence-electron chi connectivity index (χ1n) is 13.6. The molecule has 0 aromatic heterocycles. The summed E-state index contributed by atoms with van der Waals surface area (Å²) in [5, 5.41) is 3.01. The molecular formula is C32H34N2O4. The van der Waals surface area contributed by atoms with E-state index in [1.807, 2.05) is 30.3 Å². The standard InChI is InChI=1S/C32H34N2O4/c1-37-30(35)32(18-23-12-9-13-24(19-32)34(23)20-22-10-3-2-4-11-22)33-31(36)38-21-29-27-16-7-5-14-25(27)26-15-6-8-17-28(26)29/h2-8,10-11,14-17,23-24,29H,9,12-13,18-21H2,1H3,(H,33,36). The molecule has 2 unspecified atom stereocenters. The van der Waals surface area contributed by atoms with E-state index in [-0.39, 0.29) is 30.6 Å². The van der Waals surface area contributed by atoms with Crippen molar-refractivity contribution in [2.24, 2.45) is 0 Å². The van der Waals surface area contributed by atoms with Gasteiger partial charge in [-0.05, 0) is 53.5 Å². The normalized spacial score (nSPS) is 24.2. The van der Waals surface area contributed by atoms with Crippen molar-refractivity contribution in [1.29, 1.82) is 0 Å². The summed E-state index contributed by atoms with van der Waals surface area (Å²) < 4.78 is 11.1. The highest BCUT2D eigenvalue weighted by Gasteiger charge is 2.52. The zero-order valence-corrected chi connectivity index (χ0v) is 21.8. The second kappa shape index (κ2) is 10.3. The minimum Gasteiger partial charge on any atom is -0.467 e. The Hall–Kier alpha value is -3.64. The molecule has 3 aromatic carbocycles. The first kappa shape index (κ1) is 24.7. The van der Waals surface area contributed by atoms with Gasteiger partial charge in [0.2, 0.25) is 0 Å². The highest BCUT2D eigenvalue weighted by atomic mass is 16.6. The maximum Gasteiger partial charge on any atom is 0.408 e. The number of hydrogen-bond acceptors (Lipinski definition) is 5.